The molecule has 0 saturated carbocycles. The van der Waals surface area contributed by atoms with Gasteiger partial charge >= 0.3 is 0 Å². The SMILES string of the molecule is CCN(Cc1ccc2c(c1)COC2=C1C(=O)Nc2ccccc21)N1CCOCC1. The van der Waals surface area contributed by atoms with Crippen molar-refractivity contribution in [3.05, 3.63) is 64.7 Å². The van der Waals surface area contributed by atoms with Crippen molar-refractivity contribution in [2.45, 2.75) is 20.1 Å². The van der Waals surface area contributed by atoms with Gasteiger partial charge in [-0.15, -0.1) is 0 Å². The maximum atomic E-state index is 12.6. The molecule has 0 spiro atoms. The largest absolute Gasteiger partial charge is 0.487 e. The van der Waals surface area contributed by atoms with E-state index in [9.17, 15) is 4.79 Å². The van der Waals surface area contributed by atoms with Crippen molar-refractivity contribution in [3.8, 4) is 0 Å². The molecule has 0 bridgehead atoms. The lowest BCUT2D eigenvalue weighted by atomic mass is 9.99. The molecule has 5 rings (SSSR count). The van der Waals surface area contributed by atoms with Crippen LogP contribution in [0.3, 0.4) is 0 Å². The second kappa shape index (κ2) is 7.63. The van der Waals surface area contributed by atoms with Crippen LogP contribution in [0.5, 0.6) is 0 Å². The number of nitrogens with zero attached hydrogens (tertiary/aromatic N) is 2. The summed E-state index contributed by atoms with van der Waals surface area (Å²) in [7, 11) is 0. The molecule has 1 saturated heterocycles. The predicted octanol–water partition coefficient (Wildman–Crippen LogP) is 3.11. The zero-order valence-electron chi connectivity index (χ0n) is 16.6. The zero-order valence-corrected chi connectivity index (χ0v) is 16.6. The standard InChI is InChI=1S/C23H25N3O3/c1-2-25(26-9-11-28-12-10-26)14-16-7-8-18-17(13-16)15-29-22(18)21-19-5-3-4-6-20(19)24-23(21)27/h3-8,13H,2,9-12,14-15H2,1H3,(H,24,27). The number of hydrazine groups is 1. The molecular weight excluding hydrogens is 366 g/mol. The van der Waals surface area contributed by atoms with E-state index in [4.69, 9.17) is 9.47 Å². The smallest absolute Gasteiger partial charge is 0.260 e. The van der Waals surface area contributed by atoms with Gasteiger partial charge in [0.15, 0.2) is 0 Å². The molecular formula is C23H25N3O3. The summed E-state index contributed by atoms with van der Waals surface area (Å²) in [6.45, 7) is 7.95. The van der Waals surface area contributed by atoms with Gasteiger partial charge in [-0.3, -0.25) is 4.79 Å². The third kappa shape index (κ3) is 3.33. The van der Waals surface area contributed by atoms with Gasteiger partial charge in [0.25, 0.3) is 5.91 Å². The fourth-order valence-corrected chi connectivity index (χ4v) is 4.32. The number of benzene rings is 2. The molecule has 2 aromatic rings. The fourth-order valence-electron chi connectivity index (χ4n) is 4.32. The molecule has 3 heterocycles. The number of fused-ring (bicyclic) bond motifs is 2. The van der Waals surface area contributed by atoms with Crippen molar-refractivity contribution in [1.82, 2.24) is 10.0 Å². The summed E-state index contributed by atoms with van der Waals surface area (Å²) in [6, 6.07) is 14.2. The Morgan fingerprint density at radius 2 is 1.93 bits per heavy atom. The average Bonchev–Trinajstić information content (AvgIpc) is 3.31. The van der Waals surface area contributed by atoms with Crippen LogP contribution >= 0.6 is 0 Å². The molecule has 150 valence electrons. The Bertz CT molecular complexity index is 979. The number of hydrogen-bond donors (Lipinski definition) is 1. The molecule has 2 aromatic carbocycles. The van der Waals surface area contributed by atoms with Gasteiger partial charge in [-0.25, -0.2) is 10.0 Å². The second-order valence-electron chi connectivity index (χ2n) is 7.53. The van der Waals surface area contributed by atoms with Gasteiger partial charge in [0.2, 0.25) is 0 Å². The molecule has 1 amide bonds. The quantitative estimate of drug-likeness (QED) is 0.812. The lowest BCUT2D eigenvalue weighted by Gasteiger charge is -2.36. The van der Waals surface area contributed by atoms with E-state index in [1.165, 1.54) is 5.56 Å². The number of para-hydroxylation sites is 1. The van der Waals surface area contributed by atoms with E-state index in [1.54, 1.807) is 0 Å². The van der Waals surface area contributed by atoms with Crippen LogP contribution in [0, 0.1) is 0 Å². The summed E-state index contributed by atoms with van der Waals surface area (Å²) in [5, 5.41) is 7.69. The summed E-state index contributed by atoms with van der Waals surface area (Å²) in [5.41, 5.74) is 5.80. The van der Waals surface area contributed by atoms with Crippen molar-refractivity contribution in [2.75, 3.05) is 38.2 Å². The maximum Gasteiger partial charge on any atom is 0.260 e. The van der Waals surface area contributed by atoms with Crippen LogP contribution in [0.2, 0.25) is 0 Å². The molecule has 6 nitrogen and oxygen atoms in total. The van der Waals surface area contributed by atoms with Gasteiger partial charge in [0.1, 0.15) is 12.4 Å². The topological polar surface area (TPSA) is 54.0 Å². The van der Waals surface area contributed by atoms with Gasteiger partial charge in [0, 0.05) is 48.6 Å². The first-order valence-electron chi connectivity index (χ1n) is 10.2. The first-order chi connectivity index (χ1) is 14.2. The molecule has 1 fully saturated rings. The van der Waals surface area contributed by atoms with E-state index in [1.807, 2.05) is 24.3 Å². The van der Waals surface area contributed by atoms with E-state index in [0.717, 1.165) is 61.8 Å². The highest BCUT2D eigenvalue weighted by Gasteiger charge is 2.32. The number of nitrogens with one attached hydrogen (secondary N) is 1. The van der Waals surface area contributed by atoms with Crippen molar-refractivity contribution in [2.24, 2.45) is 0 Å². The van der Waals surface area contributed by atoms with Gasteiger partial charge < -0.3 is 14.8 Å². The highest BCUT2D eigenvalue weighted by atomic mass is 16.5. The number of rotatable bonds is 4. The van der Waals surface area contributed by atoms with Crippen molar-refractivity contribution < 1.29 is 14.3 Å². The van der Waals surface area contributed by atoms with Gasteiger partial charge in [-0.1, -0.05) is 43.3 Å². The van der Waals surface area contributed by atoms with Gasteiger partial charge in [-0.2, -0.15) is 0 Å². The Labute approximate surface area is 170 Å². The minimum absolute atomic E-state index is 0.0948. The fraction of sp³-hybridized carbons (Fsp3) is 0.348. The van der Waals surface area contributed by atoms with E-state index >= 15 is 0 Å². The minimum Gasteiger partial charge on any atom is -0.487 e. The van der Waals surface area contributed by atoms with E-state index in [2.05, 4.69) is 40.5 Å². The minimum atomic E-state index is -0.0948. The Morgan fingerprint density at radius 1 is 1.10 bits per heavy atom. The number of carbonyl (C=O) groups excluding carboxylic acids is 1. The Balaban J connectivity index is 1.43. The normalized spacial score (nSPS) is 21.1. The summed E-state index contributed by atoms with van der Waals surface area (Å²) in [6.07, 6.45) is 0. The number of anilines is 1. The molecule has 6 heteroatoms. The van der Waals surface area contributed by atoms with E-state index in [0.29, 0.717) is 17.9 Å². The predicted molar refractivity (Wildman–Crippen MR) is 112 cm³/mol. The Hall–Kier alpha value is -2.67. The van der Waals surface area contributed by atoms with Gasteiger partial charge in [-0.05, 0) is 11.6 Å². The van der Waals surface area contributed by atoms with E-state index in [-0.39, 0.29) is 5.91 Å². The summed E-state index contributed by atoms with van der Waals surface area (Å²) in [5.74, 6) is 0.595. The number of hydrogen-bond acceptors (Lipinski definition) is 5. The highest BCUT2D eigenvalue weighted by molar-refractivity contribution is 6.36. The Morgan fingerprint density at radius 3 is 2.76 bits per heavy atom. The number of morpholine rings is 1. The average molecular weight is 391 g/mol. The van der Waals surface area contributed by atoms with Crippen LogP contribution in [0.25, 0.3) is 11.3 Å². The number of carbonyl (C=O) groups is 1. The Kier molecular flexibility index (Phi) is 4.83. The third-order valence-corrected chi connectivity index (χ3v) is 5.80. The third-order valence-electron chi connectivity index (χ3n) is 5.80. The molecule has 0 radical (unpaired) electrons. The zero-order chi connectivity index (χ0) is 19.8. The van der Waals surface area contributed by atoms with Crippen LogP contribution < -0.4 is 5.32 Å². The van der Waals surface area contributed by atoms with Crippen LogP contribution in [0.1, 0.15) is 29.2 Å². The summed E-state index contributed by atoms with van der Waals surface area (Å²) in [4.78, 5) is 12.6. The van der Waals surface area contributed by atoms with Crippen LogP contribution in [0.4, 0.5) is 5.69 Å². The molecule has 3 aliphatic heterocycles. The maximum absolute atomic E-state index is 12.6. The van der Waals surface area contributed by atoms with Crippen molar-refractivity contribution >= 4 is 22.9 Å². The molecule has 1 N–H and O–H groups in total. The van der Waals surface area contributed by atoms with Crippen LogP contribution in [-0.2, 0) is 27.4 Å². The molecule has 0 unspecified atom stereocenters. The van der Waals surface area contributed by atoms with Crippen LogP contribution in [0.15, 0.2) is 42.5 Å². The lowest BCUT2D eigenvalue weighted by Crippen LogP contribution is -2.48. The second-order valence-corrected chi connectivity index (χ2v) is 7.53. The summed E-state index contributed by atoms with van der Waals surface area (Å²) >= 11 is 0. The molecule has 3 aliphatic rings. The molecule has 0 aliphatic carbocycles. The van der Waals surface area contributed by atoms with Gasteiger partial charge in [0.05, 0.1) is 18.8 Å². The first kappa shape index (κ1) is 18.4. The summed E-state index contributed by atoms with van der Waals surface area (Å²) < 4.78 is 11.5. The number of ether oxygens (including phenoxy) is 2. The van der Waals surface area contributed by atoms with E-state index < -0.39 is 0 Å². The van der Waals surface area contributed by atoms with Crippen LogP contribution in [-0.4, -0.2) is 48.8 Å². The van der Waals surface area contributed by atoms with Crippen molar-refractivity contribution in [1.29, 1.82) is 0 Å². The molecule has 0 atom stereocenters. The highest BCUT2D eigenvalue weighted by Crippen LogP contribution is 2.41. The number of amides is 1. The molecule has 29 heavy (non-hydrogen) atoms. The first-order valence-corrected chi connectivity index (χ1v) is 10.2. The van der Waals surface area contributed by atoms with Crippen molar-refractivity contribution in [3.63, 3.8) is 0 Å². The lowest BCUT2D eigenvalue weighted by molar-refractivity contribution is -0.110. The monoisotopic (exact) mass is 391 g/mol. The molecule has 0 aromatic heterocycles.